The summed E-state index contributed by atoms with van der Waals surface area (Å²) in [6.07, 6.45) is 4.52. The summed E-state index contributed by atoms with van der Waals surface area (Å²) in [4.78, 5) is 7.31. The molecule has 0 bridgehead atoms. The second-order valence-electron chi connectivity index (χ2n) is 7.28. The van der Waals surface area contributed by atoms with Crippen molar-refractivity contribution in [3.05, 3.63) is 17.0 Å². The maximum absolute atomic E-state index is 6.00. The summed E-state index contributed by atoms with van der Waals surface area (Å²) in [6, 6.07) is 0. The van der Waals surface area contributed by atoms with Crippen LogP contribution in [-0.4, -0.2) is 65.7 Å². The number of halogens is 1. The van der Waals surface area contributed by atoms with Crippen LogP contribution >= 0.6 is 24.0 Å². The van der Waals surface area contributed by atoms with Crippen LogP contribution in [0.1, 0.15) is 50.6 Å². The number of hydrogen-bond donors (Lipinski definition) is 1. The molecule has 2 atom stereocenters. The number of ether oxygens (including phenoxy) is 2. The highest BCUT2D eigenvalue weighted by Crippen LogP contribution is 2.21. The normalized spacial score (nSPS) is 23.0. The van der Waals surface area contributed by atoms with E-state index in [9.17, 15) is 0 Å². The minimum absolute atomic E-state index is 0. The fourth-order valence-corrected chi connectivity index (χ4v) is 4.14. The summed E-state index contributed by atoms with van der Waals surface area (Å²) in [7, 11) is 2.03. The molecule has 2 unspecified atom stereocenters. The van der Waals surface area contributed by atoms with Crippen LogP contribution in [0.2, 0.25) is 0 Å². The minimum Gasteiger partial charge on any atom is -0.375 e. The molecular weight excluding hydrogens is 469 g/mol. The summed E-state index contributed by atoms with van der Waals surface area (Å²) in [6.45, 7) is 11.3. The Balaban J connectivity index is 0.00000280. The van der Waals surface area contributed by atoms with Crippen molar-refractivity contribution in [1.29, 1.82) is 0 Å². The predicted octanol–water partition coefficient (Wildman–Crippen LogP) is 2.51. The number of guanidine groups is 1. The Morgan fingerprint density at radius 2 is 1.96 bits per heavy atom. The highest BCUT2D eigenvalue weighted by molar-refractivity contribution is 14.0. The number of nitrogens with one attached hydrogen (secondary N) is 1. The van der Waals surface area contributed by atoms with E-state index in [1.165, 1.54) is 11.3 Å². The maximum Gasteiger partial charge on any atom is 0.194 e. The fourth-order valence-electron chi connectivity index (χ4n) is 4.14. The smallest absolute Gasteiger partial charge is 0.194 e. The van der Waals surface area contributed by atoms with Gasteiger partial charge in [-0.05, 0) is 32.6 Å². The molecule has 3 heterocycles. The van der Waals surface area contributed by atoms with Gasteiger partial charge in [-0.3, -0.25) is 4.68 Å². The number of aryl methyl sites for hydroxylation is 2. The molecule has 0 radical (unpaired) electrons. The van der Waals surface area contributed by atoms with Gasteiger partial charge in [-0.1, -0.05) is 13.8 Å². The van der Waals surface area contributed by atoms with Crippen molar-refractivity contribution < 1.29 is 9.47 Å². The van der Waals surface area contributed by atoms with E-state index < -0.39 is 0 Å². The molecule has 1 N–H and O–H groups in total. The number of rotatable bonds is 6. The zero-order valence-electron chi connectivity index (χ0n) is 17.7. The lowest BCUT2D eigenvalue weighted by Crippen LogP contribution is -2.53. The summed E-state index contributed by atoms with van der Waals surface area (Å²) in [5, 5.41) is 8.15. The van der Waals surface area contributed by atoms with E-state index in [1.54, 1.807) is 0 Å². The summed E-state index contributed by atoms with van der Waals surface area (Å²) in [5.74, 6) is 0.969. The Hall–Kier alpha value is -0.870. The van der Waals surface area contributed by atoms with Crippen LogP contribution in [0.3, 0.4) is 0 Å². The van der Waals surface area contributed by atoms with E-state index in [4.69, 9.17) is 14.5 Å². The van der Waals surface area contributed by atoms with Gasteiger partial charge in [-0.2, -0.15) is 5.10 Å². The predicted molar refractivity (Wildman–Crippen MR) is 122 cm³/mol. The number of aliphatic imine (C=N–C) groups is 1. The lowest BCUT2D eigenvalue weighted by atomic mass is 10.1. The first-order valence-corrected chi connectivity index (χ1v) is 10.5. The van der Waals surface area contributed by atoms with Gasteiger partial charge in [-0.25, -0.2) is 4.99 Å². The molecule has 2 aliphatic rings. The minimum atomic E-state index is 0. The van der Waals surface area contributed by atoms with E-state index in [-0.39, 0.29) is 36.2 Å². The van der Waals surface area contributed by atoms with E-state index in [1.807, 2.05) is 11.7 Å². The van der Waals surface area contributed by atoms with E-state index in [0.29, 0.717) is 6.54 Å². The zero-order chi connectivity index (χ0) is 19.2. The Morgan fingerprint density at radius 3 is 2.61 bits per heavy atom. The number of aromatic nitrogens is 2. The SMILES string of the molecule is CCNC(=NCc1c(CC)nn(C)c1CC)N1CCOC(C2CCCO2)C1.I. The first-order chi connectivity index (χ1) is 13.2. The molecule has 3 rings (SSSR count). The van der Waals surface area contributed by atoms with Gasteiger partial charge >= 0.3 is 0 Å². The van der Waals surface area contributed by atoms with Crippen LogP contribution < -0.4 is 5.32 Å². The van der Waals surface area contributed by atoms with Gasteiger partial charge in [0.25, 0.3) is 0 Å². The highest BCUT2D eigenvalue weighted by Gasteiger charge is 2.32. The van der Waals surface area contributed by atoms with Crippen molar-refractivity contribution in [2.24, 2.45) is 12.0 Å². The van der Waals surface area contributed by atoms with Crippen molar-refractivity contribution in [3.63, 3.8) is 0 Å². The third-order valence-electron chi connectivity index (χ3n) is 5.52. The maximum atomic E-state index is 6.00. The quantitative estimate of drug-likeness (QED) is 0.366. The van der Waals surface area contributed by atoms with Crippen LogP contribution in [0.25, 0.3) is 0 Å². The fraction of sp³-hybridized carbons (Fsp3) is 0.800. The Kier molecular flexibility index (Phi) is 9.49. The largest absolute Gasteiger partial charge is 0.375 e. The van der Waals surface area contributed by atoms with Gasteiger partial charge < -0.3 is 19.7 Å². The molecule has 0 aromatic carbocycles. The lowest BCUT2D eigenvalue weighted by Gasteiger charge is -2.37. The standard InChI is InChI=1S/C20H35N5O2.HI/c1-5-16-15(17(6-2)24(4)23-16)13-22-20(21-7-3)25-10-12-27-19(14-25)18-9-8-11-26-18;/h18-19H,5-14H2,1-4H3,(H,21,22);1H. The van der Waals surface area contributed by atoms with Gasteiger partial charge in [0.15, 0.2) is 5.96 Å². The molecule has 0 amide bonds. The Bertz CT molecular complexity index is 643. The zero-order valence-corrected chi connectivity index (χ0v) is 20.1. The van der Waals surface area contributed by atoms with E-state index >= 15 is 0 Å². The molecular formula is C20H36IN5O2. The number of morpholine rings is 1. The molecule has 0 aliphatic carbocycles. The second kappa shape index (κ2) is 11.3. The molecule has 1 aromatic rings. The Labute approximate surface area is 186 Å². The molecule has 0 saturated carbocycles. The molecule has 160 valence electrons. The van der Waals surface area contributed by atoms with Crippen LogP contribution in [0, 0.1) is 0 Å². The monoisotopic (exact) mass is 505 g/mol. The van der Waals surface area contributed by atoms with Crippen molar-refractivity contribution in [2.45, 2.75) is 65.2 Å². The van der Waals surface area contributed by atoms with Crippen LogP contribution in [-0.2, 0) is 35.9 Å². The molecule has 1 aromatic heterocycles. The van der Waals surface area contributed by atoms with Gasteiger partial charge in [0, 0.05) is 44.5 Å². The number of nitrogens with zero attached hydrogens (tertiary/aromatic N) is 4. The van der Waals surface area contributed by atoms with Crippen LogP contribution in [0.15, 0.2) is 4.99 Å². The van der Waals surface area contributed by atoms with Crippen LogP contribution in [0.5, 0.6) is 0 Å². The third kappa shape index (κ3) is 5.38. The van der Waals surface area contributed by atoms with Gasteiger partial charge in [0.2, 0.25) is 0 Å². The first kappa shape index (κ1) is 23.4. The summed E-state index contributed by atoms with van der Waals surface area (Å²) < 4.78 is 13.9. The molecule has 28 heavy (non-hydrogen) atoms. The highest BCUT2D eigenvalue weighted by atomic mass is 127. The van der Waals surface area contributed by atoms with E-state index in [2.05, 4.69) is 36.1 Å². The van der Waals surface area contributed by atoms with Crippen molar-refractivity contribution >= 4 is 29.9 Å². The topological polar surface area (TPSA) is 63.9 Å². The van der Waals surface area contributed by atoms with Crippen molar-refractivity contribution in [1.82, 2.24) is 20.0 Å². The van der Waals surface area contributed by atoms with Gasteiger partial charge in [-0.15, -0.1) is 24.0 Å². The third-order valence-corrected chi connectivity index (χ3v) is 5.52. The lowest BCUT2D eigenvalue weighted by molar-refractivity contribution is -0.0817. The van der Waals surface area contributed by atoms with Crippen molar-refractivity contribution in [2.75, 3.05) is 32.8 Å². The molecule has 2 aliphatic heterocycles. The summed E-state index contributed by atoms with van der Waals surface area (Å²) in [5.41, 5.74) is 3.72. The van der Waals surface area contributed by atoms with Crippen LogP contribution in [0.4, 0.5) is 0 Å². The number of hydrogen-bond acceptors (Lipinski definition) is 4. The second-order valence-corrected chi connectivity index (χ2v) is 7.28. The van der Waals surface area contributed by atoms with Crippen molar-refractivity contribution in [3.8, 4) is 0 Å². The first-order valence-electron chi connectivity index (χ1n) is 10.5. The molecule has 2 saturated heterocycles. The Morgan fingerprint density at radius 1 is 1.18 bits per heavy atom. The van der Waals surface area contributed by atoms with Gasteiger partial charge in [0.1, 0.15) is 6.10 Å². The summed E-state index contributed by atoms with van der Waals surface area (Å²) >= 11 is 0. The molecule has 2 fully saturated rings. The molecule has 0 spiro atoms. The van der Waals surface area contributed by atoms with E-state index in [0.717, 1.165) is 70.2 Å². The molecule has 8 heteroatoms. The average Bonchev–Trinajstić information content (AvgIpc) is 3.33. The average molecular weight is 505 g/mol. The molecule has 7 nitrogen and oxygen atoms in total. The van der Waals surface area contributed by atoms with Gasteiger partial charge in [0.05, 0.1) is 24.9 Å².